The summed E-state index contributed by atoms with van der Waals surface area (Å²) in [4.78, 5) is 37.6. The van der Waals surface area contributed by atoms with Crippen molar-refractivity contribution in [3.63, 3.8) is 0 Å². The second-order valence-electron chi connectivity index (χ2n) is 9.88. The maximum atomic E-state index is 14.0. The van der Waals surface area contributed by atoms with Crippen LogP contribution in [0.15, 0.2) is 42.6 Å². The van der Waals surface area contributed by atoms with Gasteiger partial charge in [0.1, 0.15) is 35.2 Å². The molecule has 3 amide bonds. The summed E-state index contributed by atoms with van der Waals surface area (Å²) in [6, 6.07) is 5.65. The van der Waals surface area contributed by atoms with Crippen molar-refractivity contribution in [2.45, 2.75) is 44.4 Å². The fourth-order valence-corrected chi connectivity index (χ4v) is 4.44. The number of pyridine rings is 1. The molecule has 15 heteroatoms. The van der Waals surface area contributed by atoms with E-state index in [1.54, 1.807) is 0 Å². The molecular formula is C27H27F5N6O4. The van der Waals surface area contributed by atoms with Gasteiger partial charge in [-0.3, -0.25) is 10.1 Å². The number of halogens is 5. The van der Waals surface area contributed by atoms with Gasteiger partial charge in [0.05, 0.1) is 5.69 Å². The van der Waals surface area contributed by atoms with Crippen LogP contribution in [0.5, 0.6) is 5.88 Å². The van der Waals surface area contributed by atoms with Gasteiger partial charge in [-0.1, -0.05) is 12.1 Å². The lowest BCUT2D eigenvalue weighted by atomic mass is 9.86. The van der Waals surface area contributed by atoms with Crippen LogP contribution in [0.3, 0.4) is 0 Å². The smallest absolute Gasteiger partial charge is 0.433 e. The molecule has 1 atom stereocenters. The molecule has 1 aliphatic rings. The fourth-order valence-electron chi connectivity index (χ4n) is 4.44. The summed E-state index contributed by atoms with van der Waals surface area (Å²) in [5.41, 5.74) is -3.00. The summed E-state index contributed by atoms with van der Waals surface area (Å²) < 4.78 is 72.5. The zero-order valence-corrected chi connectivity index (χ0v) is 22.5. The first-order chi connectivity index (χ1) is 19.7. The van der Waals surface area contributed by atoms with Crippen molar-refractivity contribution < 1.29 is 41.4 Å². The number of alkyl halides is 3. The van der Waals surface area contributed by atoms with E-state index >= 15 is 0 Å². The number of aromatic nitrogens is 3. The summed E-state index contributed by atoms with van der Waals surface area (Å²) >= 11 is 0. The number of aliphatic hydroxyl groups is 1. The van der Waals surface area contributed by atoms with Crippen LogP contribution in [0.1, 0.15) is 49.6 Å². The molecule has 42 heavy (non-hydrogen) atoms. The van der Waals surface area contributed by atoms with Gasteiger partial charge >= 0.3 is 12.2 Å². The number of hydrogen-bond donors (Lipinski definition) is 3. The molecule has 4 rings (SSSR count). The number of hydrogen-bond acceptors (Lipinski definition) is 7. The Morgan fingerprint density at radius 3 is 2.31 bits per heavy atom. The number of rotatable bonds is 7. The van der Waals surface area contributed by atoms with E-state index in [2.05, 4.69) is 25.6 Å². The number of urea groups is 1. The molecule has 3 aromatic rings. The number of ether oxygens (including phenoxy) is 1. The van der Waals surface area contributed by atoms with Crippen LogP contribution < -0.4 is 15.4 Å². The number of anilines is 2. The number of para-hydroxylation sites is 1. The monoisotopic (exact) mass is 594 g/mol. The van der Waals surface area contributed by atoms with E-state index in [4.69, 9.17) is 4.74 Å². The highest BCUT2D eigenvalue weighted by Gasteiger charge is 2.36. The summed E-state index contributed by atoms with van der Waals surface area (Å²) in [7, 11) is 0. The van der Waals surface area contributed by atoms with Crippen molar-refractivity contribution in [3.05, 3.63) is 71.2 Å². The van der Waals surface area contributed by atoms with Gasteiger partial charge in [0.15, 0.2) is 0 Å². The number of carbonyl (C=O) groups excluding carboxylic acids is 2. The molecule has 1 saturated heterocycles. The molecule has 0 spiro atoms. The second-order valence-corrected chi connectivity index (χ2v) is 9.88. The van der Waals surface area contributed by atoms with E-state index in [1.165, 1.54) is 37.1 Å². The molecule has 0 bridgehead atoms. The van der Waals surface area contributed by atoms with Gasteiger partial charge in [0, 0.05) is 43.8 Å². The van der Waals surface area contributed by atoms with Crippen molar-refractivity contribution in [2.75, 3.05) is 30.3 Å². The van der Waals surface area contributed by atoms with Gasteiger partial charge in [-0.2, -0.15) is 13.2 Å². The van der Waals surface area contributed by atoms with Gasteiger partial charge in [-0.05, 0) is 38.0 Å². The molecule has 1 fully saturated rings. The SMILES string of the molecule is CC(=O)Nc1ncc(C(C)(O)COc2cccc(C(F)(F)F)n2)c(C2CCN(C(=O)Nc3c(F)cccc3F)CC2)n1. The summed E-state index contributed by atoms with van der Waals surface area (Å²) in [5, 5.41) is 16.0. The predicted octanol–water partition coefficient (Wildman–Crippen LogP) is 4.83. The normalized spacial score (nSPS) is 15.6. The number of likely N-dealkylation sites (tertiary alicyclic amines) is 1. The standard InChI is InChI=1S/C27H27F5N6O4/c1-15(39)34-24-33-13-17(26(2,41)14-42-21-8-4-7-20(35-21)27(30,31)32)22(36-24)16-9-11-38(12-10-16)25(40)37-23-18(28)5-3-6-19(23)29/h3-8,13,16,41H,9-12,14H2,1-2H3,(H,37,40)(H,33,34,36,39). The average Bonchev–Trinajstić information content (AvgIpc) is 2.93. The van der Waals surface area contributed by atoms with Gasteiger partial charge in [-0.15, -0.1) is 0 Å². The molecule has 0 radical (unpaired) electrons. The average molecular weight is 595 g/mol. The van der Waals surface area contributed by atoms with Crippen LogP contribution in [0.4, 0.5) is 38.4 Å². The highest BCUT2D eigenvalue weighted by molar-refractivity contribution is 5.89. The Morgan fingerprint density at radius 1 is 1.05 bits per heavy atom. The molecular weight excluding hydrogens is 567 g/mol. The van der Waals surface area contributed by atoms with E-state index < -0.39 is 53.3 Å². The maximum absolute atomic E-state index is 14.0. The number of nitrogens with zero attached hydrogens (tertiary/aromatic N) is 4. The highest BCUT2D eigenvalue weighted by atomic mass is 19.4. The van der Waals surface area contributed by atoms with E-state index in [1.807, 2.05) is 0 Å². The third-order valence-electron chi connectivity index (χ3n) is 6.56. The zero-order chi connectivity index (χ0) is 30.7. The molecule has 0 saturated carbocycles. The molecule has 3 N–H and O–H groups in total. The lowest BCUT2D eigenvalue weighted by Gasteiger charge is -2.34. The van der Waals surface area contributed by atoms with Crippen LogP contribution >= 0.6 is 0 Å². The largest absolute Gasteiger partial charge is 0.474 e. The van der Waals surface area contributed by atoms with Crippen LogP contribution in [-0.4, -0.2) is 56.6 Å². The van der Waals surface area contributed by atoms with Crippen LogP contribution in [-0.2, 0) is 16.6 Å². The minimum Gasteiger partial charge on any atom is -0.474 e. The molecule has 1 unspecified atom stereocenters. The number of amides is 3. The Morgan fingerprint density at radius 2 is 1.69 bits per heavy atom. The van der Waals surface area contributed by atoms with Crippen LogP contribution in [0.2, 0.25) is 0 Å². The topological polar surface area (TPSA) is 130 Å². The first-order valence-electron chi connectivity index (χ1n) is 12.8. The highest BCUT2D eigenvalue weighted by Crippen LogP contribution is 2.35. The second kappa shape index (κ2) is 12.2. The van der Waals surface area contributed by atoms with Crippen molar-refractivity contribution in [1.82, 2.24) is 19.9 Å². The van der Waals surface area contributed by atoms with Crippen LogP contribution in [0.25, 0.3) is 0 Å². The lowest BCUT2D eigenvalue weighted by molar-refractivity contribution is -0.141. The summed E-state index contributed by atoms with van der Waals surface area (Å²) in [6.45, 7) is 2.45. The summed E-state index contributed by atoms with van der Waals surface area (Å²) in [5.74, 6) is -3.02. The van der Waals surface area contributed by atoms with Crippen molar-refractivity contribution in [2.24, 2.45) is 0 Å². The van der Waals surface area contributed by atoms with E-state index in [0.717, 1.165) is 24.3 Å². The Hall–Kier alpha value is -4.40. The minimum atomic E-state index is -4.68. The molecule has 3 heterocycles. The third-order valence-corrected chi connectivity index (χ3v) is 6.56. The molecule has 1 aromatic carbocycles. The van der Waals surface area contributed by atoms with E-state index in [0.29, 0.717) is 18.5 Å². The zero-order valence-electron chi connectivity index (χ0n) is 22.5. The van der Waals surface area contributed by atoms with Crippen LogP contribution in [0, 0.1) is 11.6 Å². The lowest BCUT2D eigenvalue weighted by Crippen LogP contribution is -2.41. The van der Waals surface area contributed by atoms with E-state index in [-0.39, 0.29) is 36.4 Å². The maximum Gasteiger partial charge on any atom is 0.433 e. The number of carbonyl (C=O) groups is 2. The predicted molar refractivity (Wildman–Crippen MR) is 140 cm³/mol. The molecule has 10 nitrogen and oxygen atoms in total. The Labute approximate surface area is 236 Å². The van der Waals surface area contributed by atoms with Crippen molar-refractivity contribution in [1.29, 1.82) is 0 Å². The van der Waals surface area contributed by atoms with Gasteiger partial charge in [0.25, 0.3) is 0 Å². The number of benzene rings is 1. The Kier molecular flexibility index (Phi) is 8.89. The Balaban J connectivity index is 1.52. The molecule has 0 aliphatic carbocycles. The molecule has 1 aliphatic heterocycles. The van der Waals surface area contributed by atoms with Crippen molar-refractivity contribution >= 4 is 23.6 Å². The summed E-state index contributed by atoms with van der Waals surface area (Å²) in [6.07, 6.45) is -2.75. The van der Waals surface area contributed by atoms with Gasteiger partial charge in [0.2, 0.25) is 17.7 Å². The Bertz CT molecular complexity index is 1440. The first-order valence-corrected chi connectivity index (χ1v) is 12.8. The van der Waals surface area contributed by atoms with Gasteiger partial charge in [-0.25, -0.2) is 28.5 Å². The molecule has 224 valence electrons. The fraction of sp³-hybridized carbons (Fsp3) is 0.370. The number of piperidine rings is 1. The van der Waals surface area contributed by atoms with Crippen molar-refractivity contribution in [3.8, 4) is 5.88 Å². The van der Waals surface area contributed by atoms with E-state index in [9.17, 15) is 36.6 Å². The van der Waals surface area contributed by atoms with Gasteiger partial charge < -0.3 is 20.1 Å². The quantitative estimate of drug-likeness (QED) is 0.335. The molecule has 2 aromatic heterocycles. The first kappa shape index (κ1) is 30.6. The minimum absolute atomic E-state index is 0.0345. The number of nitrogens with one attached hydrogen (secondary N) is 2. The third kappa shape index (κ3) is 7.26.